The van der Waals surface area contributed by atoms with Crippen LogP contribution in [0.25, 0.3) is 0 Å². The molecule has 0 radical (unpaired) electrons. The molecular formula is C11H15NO2. The van der Waals surface area contributed by atoms with Gasteiger partial charge < -0.3 is 15.2 Å². The molecule has 2 N–H and O–H groups in total. The van der Waals surface area contributed by atoms with Crippen molar-refractivity contribution in [1.82, 2.24) is 5.32 Å². The smallest absolute Gasteiger partial charge is 0.162 e. The SMILES string of the molecule is COc1cccc(C2CCCN2)c1O. The van der Waals surface area contributed by atoms with Gasteiger partial charge in [-0.25, -0.2) is 0 Å². The van der Waals surface area contributed by atoms with E-state index in [0.29, 0.717) is 5.75 Å². The maximum absolute atomic E-state index is 9.88. The molecule has 0 saturated carbocycles. The molecule has 1 aromatic carbocycles. The van der Waals surface area contributed by atoms with E-state index in [4.69, 9.17) is 4.74 Å². The molecule has 2 rings (SSSR count). The molecule has 76 valence electrons. The van der Waals surface area contributed by atoms with E-state index in [9.17, 15) is 5.11 Å². The molecule has 1 saturated heterocycles. The molecule has 1 aromatic rings. The summed E-state index contributed by atoms with van der Waals surface area (Å²) in [4.78, 5) is 0. The number of aromatic hydroxyl groups is 1. The number of methoxy groups -OCH3 is 1. The predicted molar refractivity (Wildman–Crippen MR) is 54.6 cm³/mol. The van der Waals surface area contributed by atoms with Gasteiger partial charge in [0, 0.05) is 11.6 Å². The van der Waals surface area contributed by atoms with Crippen LogP contribution >= 0.6 is 0 Å². The lowest BCUT2D eigenvalue weighted by atomic mass is 10.0. The van der Waals surface area contributed by atoms with Crippen molar-refractivity contribution in [2.45, 2.75) is 18.9 Å². The van der Waals surface area contributed by atoms with Gasteiger partial charge in [-0.15, -0.1) is 0 Å². The molecule has 3 heteroatoms. The average Bonchev–Trinajstić information content (AvgIpc) is 2.71. The summed E-state index contributed by atoms with van der Waals surface area (Å²) in [7, 11) is 1.57. The first-order valence-electron chi connectivity index (χ1n) is 4.92. The molecule has 0 aliphatic carbocycles. The lowest BCUT2D eigenvalue weighted by Gasteiger charge is -2.14. The van der Waals surface area contributed by atoms with E-state index in [1.54, 1.807) is 13.2 Å². The molecule has 1 aliphatic rings. The van der Waals surface area contributed by atoms with Crippen molar-refractivity contribution in [3.63, 3.8) is 0 Å². The number of phenolic OH excluding ortho intramolecular Hbond substituents is 1. The Morgan fingerprint density at radius 2 is 2.36 bits per heavy atom. The van der Waals surface area contributed by atoms with Crippen molar-refractivity contribution in [1.29, 1.82) is 0 Å². The standard InChI is InChI=1S/C11H15NO2/c1-14-10-6-2-4-8(11(10)13)9-5-3-7-12-9/h2,4,6,9,12-13H,3,5,7H2,1H3. The number of benzene rings is 1. The Kier molecular flexibility index (Phi) is 2.59. The topological polar surface area (TPSA) is 41.5 Å². The van der Waals surface area contributed by atoms with E-state index in [2.05, 4.69) is 5.32 Å². The molecule has 1 fully saturated rings. The van der Waals surface area contributed by atoms with Gasteiger partial charge in [0.1, 0.15) is 0 Å². The molecule has 1 unspecified atom stereocenters. The van der Waals surface area contributed by atoms with Crippen LogP contribution in [0.1, 0.15) is 24.4 Å². The molecule has 14 heavy (non-hydrogen) atoms. The van der Waals surface area contributed by atoms with Crippen LogP contribution in [0.15, 0.2) is 18.2 Å². The van der Waals surface area contributed by atoms with Gasteiger partial charge in [-0.1, -0.05) is 12.1 Å². The number of para-hydroxylation sites is 1. The van der Waals surface area contributed by atoms with E-state index >= 15 is 0 Å². The van der Waals surface area contributed by atoms with Crippen LogP contribution in [0.5, 0.6) is 11.5 Å². The largest absolute Gasteiger partial charge is 0.504 e. The summed E-state index contributed by atoms with van der Waals surface area (Å²) in [6, 6.07) is 5.91. The highest BCUT2D eigenvalue weighted by Gasteiger charge is 2.20. The van der Waals surface area contributed by atoms with E-state index in [-0.39, 0.29) is 11.8 Å². The minimum absolute atomic E-state index is 0.273. The maximum Gasteiger partial charge on any atom is 0.162 e. The summed E-state index contributed by atoms with van der Waals surface area (Å²) in [5.41, 5.74) is 0.946. The fourth-order valence-corrected chi connectivity index (χ4v) is 1.94. The van der Waals surface area contributed by atoms with Crippen LogP contribution in [0.2, 0.25) is 0 Å². The average molecular weight is 193 g/mol. The van der Waals surface area contributed by atoms with Gasteiger partial charge in [0.2, 0.25) is 0 Å². The zero-order valence-electron chi connectivity index (χ0n) is 8.29. The van der Waals surface area contributed by atoms with Gasteiger partial charge in [-0.05, 0) is 25.5 Å². The van der Waals surface area contributed by atoms with Crippen LogP contribution in [0.4, 0.5) is 0 Å². The highest BCUT2D eigenvalue weighted by Crippen LogP contribution is 2.36. The quantitative estimate of drug-likeness (QED) is 0.752. The first-order valence-corrected chi connectivity index (χ1v) is 4.92. The molecule has 1 heterocycles. The minimum atomic E-state index is 0.273. The Labute approximate surface area is 83.7 Å². The first kappa shape index (κ1) is 9.34. The number of rotatable bonds is 2. The van der Waals surface area contributed by atoms with Crippen molar-refractivity contribution in [3.8, 4) is 11.5 Å². The number of phenols is 1. The van der Waals surface area contributed by atoms with Crippen molar-refractivity contribution < 1.29 is 9.84 Å². The Morgan fingerprint density at radius 3 is 3.00 bits per heavy atom. The Morgan fingerprint density at radius 1 is 1.50 bits per heavy atom. The normalized spacial score (nSPS) is 21.1. The summed E-state index contributed by atoms with van der Waals surface area (Å²) < 4.78 is 5.07. The van der Waals surface area contributed by atoms with Gasteiger partial charge in [0.15, 0.2) is 11.5 Å². The number of hydrogen-bond acceptors (Lipinski definition) is 3. The molecule has 3 nitrogen and oxygen atoms in total. The highest BCUT2D eigenvalue weighted by atomic mass is 16.5. The Hall–Kier alpha value is -1.22. The van der Waals surface area contributed by atoms with E-state index in [1.165, 1.54) is 6.42 Å². The molecule has 1 aliphatic heterocycles. The fourth-order valence-electron chi connectivity index (χ4n) is 1.94. The van der Waals surface area contributed by atoms with Gasteiger partial charge >= 0.3 is 0 Å². The molecule has 0 bridgehead atoms. The van der Waals surface area contributed by atoms with Crippen LogP contribution in [0, 0.1) is 0 Å². The minimum Gasteiger partial charge on any atom is -0.504 e. The predicted octanol–water partition coefficient (Wildman–Crippen LogP) is 1.83. The summed E-state index contributed by atoms with van der Waals surface area (Å²) in [6.07, 6.45) is 2.25. The van der Waals surface area contributed by atoms with Gasteiger partial charge in [0.05, 0.1) is 7.11 Å². The second-order valence-corrected chi connectivity index (χ2v) is 3.55. The second kappa shape index (κ2) is 3.88. The molecular weight excluding hydrogens is 178 g/mol. The lowest BCUT2D eigenvalue weighted by molar-refractivity contribution is 0.367. The third kappa shape index (κ3) is 1.55. The second-order valence-electron chi connectivity index (χ2n) is 3.55. The van der Waals surface area contributed by atoms with Crippen LogP contribution in [-0.2, 0) is 0 Å². The number of ether oxygens (including phenoxy) is 1. The van der Waals surface area contributed by atoms with Crippen molar-refractivity contribution in [3.05, 3.63) is 23.8 Å². The highest BCUT2D eigenvalue weighted by molar-refractivity contribution is 5.47. The zero-order valence-corrected chi connectivity index (χ0v) is 8.29. The summed E-state index contributed by atoms with van der Waals surface area (Å²) in [5.74, 6) is 0.825. The monoisotopic (exact) mass is 193 g/mol. The van der Waals surface area contributed by atoms with Crippen LogP contribution in [-0.4, -0.2) is 18.8 Å². The summed E-state index contributed by atoms with van der Waals surface area (Å²) in [6.45, 7) is 1.03. The van der Waals surface area contributed by atoms with E-state index < -0.39 is 0 Å². The van der Waals surface area contributed by atoms with Crippen molar-refractivity contribution in [2.75, 3.05) is 13.7 Å². The molecule has 0 spiro atoms. The third-order valence-corrected chi connectivity index (χ3v) is 2.69. The summed E-state index contributed by atoms with van der Waals surface area (Å²) in [5, 5.41) is 13.2. The van der Waals surface area contributed by atoms with Gasteiger partial charge in [0.25, 0.3) is 0 Å². The number of nitrogens with one attached hydrogen (secondary N) is 1. The third-order valence-electron chi connectivity index (χ3n) is 2.69. The number of hydrogen-bond donors (Lipinski definition) is 2. The zero-order chi connectivity index (χ0) is 9.97. The van der Waals surface area contributed by atoms with Gasteiger partial charge in [-0.2, -0.15) is 0 Å². The van der Waals surface area contributed by atoms with E-state index in [1.807, 2.05) is 12.1 Å². The molecule has 0 amide bonds. The maximum atomic E-state index is 9.88. The summed E-state index contributed by atoms with van der Waals surface area (Å²) >= 11 is 0. The Balaban J connectivity index is 2.32. The lowest BCUT2D eigenvalue weighted by Crippen LogP contribution is -2.13. The van der Waals surface area contributed by atoms with Crippen LogP contribution < -0.4 is 10.1 Å². The van der Waals surface area contributed by atoms with Crippen LogP contribution in [0.3, 0.4) is 0 Å². The fraction of sp³-hybridized carbons (Fsp3) is 0.455. The van der Waals surface area contributed by atoms with E-state index in [0.717, 1.165) is 18.5 Å². The van der Waals surface area contributed by atoms with Crippen molar-refractivity contribution >= 4 is 0 Å². The Bertz CT molecular complexity index is 319. The first-order chi connectivity index (χ1) is 6.83. The molecule has 0 aromatic heterocycles. The van der Waals surface area contributed by atoms with Gasteiger partial charge in [-0.3, -0.25) is 0 Å². The molecule has 1 atom stereocenters. The van der Waals surface area contributed by atoms with Crippen molar-refractivity contribution in [2.24, 2.45) is 0 Å².